The Balaban J connectivity index is 2.09. The van der Waals surface area contributed by atoms with Crippen LogP contribution in [0.2, 0.25) is 0 Å². The van der Waals surface area contributed by atoms with Crippen molar-refractivity contribution in [2.45, 2.75) is 65.0 Å². The van der Waals surface area contributed by atoms with Crippen molar-refractivity contribution >= 4 is 10.0 Å². The lowest BCUT2D eigenvalue weighted by Crippen LogP contribution is -2.35. The van der Waals surface area contributed by atoms with Gasteiger partial charge in [0.15, 0.2) is 0 Å². The third-order valence-corrected chi connectivity index (χ3v) is 4.64. The van der Waals surface area contributed by atoms with Gasteiger partial charge in [-0.2, -0.15) is 0 Å². The molecular formula is C13H28N2O2S. The van der Waals surface area contributed by atoms with Crippen LogP contribution in [0.3, 0.4) is 0 Å². The Hall–Kier alpha value is -0.130. The molecule has 1 aliphatic carbocycles. The average molecular weight is 276 g/mol. The number of rotatable bonds is 10. The quantitative estimate of drug-likeness (QED) is 0.599. The van der Waals surface area contributed by atoms with Crippen molar-refractivity contribution in [3.63, 3.8) is 0 Å². The van der Waals surface area contributed by atoms with Crippen LogP contribution in [-0.4, -0.2) is 32.8 Å². The molecule has 1 rings (SSSR count). The maximum atomic E-state index is 11.8. The lowest BCUT2D eigenvalue weighted by atomic mass is 10.1. The zero-order valence-electron chi connectivity index (χ0n) is 11.9. The molecule has 2 N–H and O–H groups in total. The number of nitrogens with one attached hydrogen (secondary N) is 2. The van der Waals surface area contributed by atoms with Crippen LogP contribution in [0.5, 0.6) is 0 Å². The number of hydrogen-bond donors (Lipinski definition) is 2. The van der Waals surface area contributed by atoms with E-state index >= 15 is 0 Å². The van der Waals surface area contributed by atoms with Gasteiger partial charge in [-0.3, -0.25) is 0 Å². The van der Waals surface area contributed by atoms with Gasteiger partial charge in [-0.15, -0.1) is 0 Å². The molecular weight excluding hydrogens is 248 g/mol. The second kappa shape index (κ2) is 7.46. The number of sulfonamides is 1. The predicted octanol–water partition coefficient (Wildman–Crippen LogP) is 1.87. The first-order valence-electron chi connectivity index (χ1n) is 7.12. The smallest absolute Gasteiger partial charge is 0.211 e. The molecule has 0 amide bonds. The van der Waals surface area contributed by atoms with Gasteiger partial charge in [-0.1, -0.05) is 13.8 Å². The van der Waals surface area contributed by atoms with Gasteiger partial charge < -0.3 is 5.32 Å². The topological polar surface area (TPSA) is 58.2 Å². The first-order chi connectivity index (χ1) is 8.39. The molecule has 0 aromatic rings. The molecule has 1 unspecified atom stereocenters. The Labute approximate surface area is 112 Å². The molecule has 0 bridgehead atoms. The minimum atomic E-state index is -3.09. The Morgan fingerprint density at radius 1 is 1.17 bits per heavy atom. The summed E-state index contributed by atoms with van der Waals surface area (Å²) in [6.07, 6.45) is 5.14. The third-order valence-electron chi connectivity index (χ3n) is 3.06. The van der Waals surface area contributed by atoms with Gasteiger partial charge in [-0.05, 0) is 51.5 Å². The molecule has 0 heterocycles. The summed E-state index contributed by atoms with van der Waals surface area (Å²) in [4.78, 5) is 0. The van der Waals surface area contributed by atoms with Crippen LogP contribution in [0.1, 0.15) is 52.9 Å². The fourth-order valence-electron chi connectivity index (χ4n) is 2.13. The molecule has 1 aliphatic rings. The summed E-state index contributed by atoms with van der Waals surface area (Å²) in [6.45, 7) is 7.09. The normalized spacial score (nSPS) is 18.2. The minimum Gasteiger partial charge on any atom is -0.314 e. The highest BCUT2D eigenvalue weighted by atomic mass is 32.2. The molecule has 0 spiro atoms. The standard InChI is InChI=1S/C13H28N2O2S/c1-11(2)10-12(3)15-18(16,17)9-5-4-8-14-13-6-7-13/h11-15H,4-10H2,1-3H3. The van der Waals surface area contributed by atoms with Gasteiger partial charge in [0.2, 0.25) is 10.0 Å². The maximum absolute atomic E-state index is 11.8. The van der Waals surface area contributed by atoms with Gasteiger partial charge in [0.05, 0.1) is 5.75 Å². The van der Waals surface area contributed by atoms with E-state index in [1.54, 1.807) is 0 Å². The van der Waals surface area contributed by atoms with Gasteiger partial charge in [0, 0.05) is 12.1 Å². The van der Waals surface area contributed by atoms with Crippen molar-refractivity contribution in [2.75, 3.05) is 12.3 Å². The first kappa shape index (κ1) is 15.9. The lowest BCUT2D eigenvalue weighted by molar-refractivity contribution is 0.481. The molecule has 0 aromatic carbocycles. The summed E-state index contributed by atoms with van der Waals surface area (Å²) < 4.78 is 26.4. The van der Waals surface area contributed by atoms with Crippen molar-refractivity contribution in [2.24, 2.45) is 5.92 Å². The van der Waals surface area contributed by atoms with E-state index in [-0.39, 0.29) is 11.8 Å². The molecule has 4 nitrogen and oxygen atoms in total. The zero-order chi connectivity index (χ0) is 13.6. The fourth-order valence-corrected chi connectivity index (χ4v) is 3.54. The summed E-state index contributed by atoms with van der Waals surface area (Å²) in [6, 6.07) is 0.755. The maximum Gasteiger partial charge on any atom is 0.211 e. The fraction of sp³-hybridized carbons (Fsp3) is 1.00. The highest BCUT2D eigenvalue weighted by Gasteiger charge is 2.20. The Kier molecular flexibility index (Phi) is 6.60. The lowest BCUT2D eigenvalue weighted by Gasteiger charge is -2.16. The van der Waals surface area contributed by atoms with Crippen molar-refractivity contribution in [3.05, 3.63) is 0 Å². The van der Waals surface area contributed by atoms with Crippen LogP contribution in [0, 0.1) is 5.92 Å². The van der Waals surface area contributed by atoms with Gasteiger partial charge in [0.25, 0.3) is 0 Å². The zero-order valence-corrected chi connectivity index (χ0v) is 12.7. The van der Waals surface area contributed by atoms with E-state index in [0.29, 0.717) is 12.0 Å². The highest BCUT2D eigenvalue weighted by Crippen LogP contribution is 2.18. The van der Waals surface area contributed by atoms with Gasteiger partial charge >= 0.3 is 0 Å². The second-order valence-electron chi connectivity index (χ2n) is 5.90. The number of hydrogen-bond acceptors (Lipinski definition) is 3. The summed E-state index contributed by atoms with van der Waals surface area (Å²) in [5.41, 5.74) is 0. The molecule has 1 saturated carbocycles. The van der Waals surface area contributed by atoms with E-state index in [1.165, 1.54) is 12.8 Å². The van der Waals surface area contributed by atoms with E-state index < -0.39 is 10.0 Å². The monoisotopic (exact) mass is 276 g/mol. The SMILES string of the molecule is CC(C)CC(C)NS(=O)(=O)CCCCNC1CC1. The van der Waals surface area contributed by atoms with Crippen molar-refractivity contribution in [1.29, 1.82) is 0 Å². The molecule has 18 heavy (non-hydrogen) atoms. The molecule has 0 radical (unpaired) electrons. The Morgan fingerprint density at radius 2 is 1.83 bits per heavy atom. The number of unbranched alkanes of at least 4 members (excludes halogenated alkanes) is 1. The summed E-state index contributed by atoms with van der Waals surface area (Å²) in [5, 5.41) is 3.39. The Morgan fingerprint density at radius 3 is 2.39 bits per heavy atom. The first-order valence-corrected chi connectivity index (χ1v) is 8.77. The van der Waals surface area contributed by atoms with Crippen LogP contribution < -0.4 is 10.0 Å². The van der Waals surface area contributed by atoms with E-state index in [4.69, 9.17) is 0 Å². The third kappa shape index (κ3) is 8.06. The van der Waals surface area contributed by atoms with E-state index in [2.05, 4.69) is 23.9 Å². The van der Waals surface area contributed by atoms with Crippen LogP contribution in [0.25, 0.3) is 0 Å². The molecule has 0 saturated heterocycles. The molecule has 108 valence electrons. The molecule has 5 heteroatoms. The van der Waals surface area contributed by atoms with Crippen LogP contribution in [0.4, 0.5) is 0 Å². The van der Waals surface area contributed by atoms with Crippen molar-refractivity contribution < 1.29 is 8.42 Å². The molecule has 0 aromatic heterocycles. The van der Waals surface area contributed by atoms with E-state index in [9.17, 15) is 8.42 Å². The minimum absolute atomic E-state index is 0.0413. The average Bonchev–Trinajstić information content (AvgIpc) is 2.98. The summed E-state index contributed by atoms with van der Waals surface area (Å²) in [5.74, 6) is 0.771. The van der Waals surface area contributed by atoms with Gasteiger partial charge in [-0.25, -0.2) is 13.1 Å². The molecule has 1 atom stereocenters. The van der Waals surface area contributed by atoms with E-state index in [1.807, 2.05) is 6.92 Å². The van der Waals surface area contributed by atoms with Gasteiger partial charge in [0.1, 0.15) is 0 Å². The second-order valence-corrected chi connectivity index (χ2v) is 7.78. The van der Waals surface area contributed by atoms with E-state index in [0.717, 1.165) is 25.8 Å². The predicted molar refractivity (Wildman–Crippen MR) is 76.1 cm³/mol. The molecule has 1 fully saturated rings. The van der Waals surface area contributed by atoms with Crippen LogP contribution >= 0.6 is 0 Å². The van der Waals surface area contributed by atoms with Crippen molar-refractivity contribution in [3.8, 4) is 0 Å². The largest absolute Gasteiger partial charge is 0.314 e. The highest BCUT2D eigenvalue weighted by molar-refractivity contribution is 7.89. The van der Waals surface area contributed by atoms with Crippen molar-refractivity contribution in [1.82, 2.24) is 10.0 Å². The van der Waals surface area contributed by atoms with Crippen LogP contribution in [-0.2, 0) is 10.0 Å². The Bertz CT molecular complexity index is 324. The summed E-state index contributed by atoms with van der Waals surface area (Å²) in [7, 11) is -3.09. The van der Waals surface area contributed by atoms with Crippen LogP contribution in [0.15, 0.2) is 0 Å². The molecule has 0 aliphatic heterocycles. The summed E-state index contributed by atoms with van der Waals surface area (Å²) >= 11 is 0.